The Morgan fingerprint density at radius 1 is 1.05 bits per heavy atom. The van der Waals surface area contributed by atoms with Crippen LogP contribution in [-0.4, -0.2) is 65.9 Å². The third-order valence-corrected chi connectivity index (χ3v) is 8.18. The number of ether oxygens (including phenoxy) is 2. The third kappa shape index (κ3) is 5.31. The average molecular weight is 509 g/mol. The normalized spacial score (nSPS) is 23.6. The summed E-state index contributed by atoms with van der Waals surface area (Å²) in [6.45, 7) is 4.89. The molecule has 2 aromatic rings. The van der Waals surface area contributed by atoms with Crippen LogP contribution in [0.2, 0.25) is 0 Å². The lowest BCUT2D eigenvalue weighted by molar-refractivity contribution is 0.158. The van der Waals surface area contributed by atoms with E-state index in [9.17, 15) is 9.59 Å². The molecular formula is C27H36N6O4. The summed E-state index contributed by atoms with van der Waals surface area (Å²) in [4.78, 5) is 30.6. The largest absolute Gasteiger partial charge is 0.450 e. The number of fused-ring (bicyclic) bond motifs is 2. The van der Waals surface area contributed by atoms with Crippen molar-refractivity contribution in [2.24, 2.45) is 0 Å². The minimum Gasteiger partial charge on any atom is -0.450 e. The van der Waals surface area contributed by atoms with Gasteiger partial charge < -0.3 is 30.3 Å². The van der Waals surface area contributed by atoms with Crippen LogP contribution < -0.4 is 26.4 Å². The van der Waals surface area contributed by atoms with Gasteiger partial charge in [0, 0.05) is 18.6 Å². The number of hydrogen-bond donors (Lipinski definition) is 3. The van der Waals surface area contributed by atoms with Crippen LogP contribution in [0.4, 0.5) is 16.3 Å². The van der Waals surface area contributed by atoms with E-state index in [-0.39, 0.29) is 17.8 Å². The van der Waals surface area contributed by atoms with Gasteiger partial charge in [0.05, 0.1) is 18.4 Å². The van der Waals surface area contributed by atoms with Crippen molar-refractivity contribution < 1.29 is 14.3 Å². The Bertz CT molecular complexity index is 1190. The van der Waals surface area contributed by atoms with Crippen molar-refractivity contribution >= 4 is 17.6 Å². The van der Waals surface area contributed by atoms with Crippen LogP contribution in [0.15, 0.2) is 29.2 Å². The van der Waals surface area contributed by atoms with Gasteiger partial charge in [-0.25, -0.2) is 9.59 Å². The van der Waals surface area contributed by atoms with E-state index in [0.29, 0.717) is 36.7 Å². The van der Waals surface area contributed by atoms with E-state index >= 15 is 0 Å². The van der Waals surface area contributed by atoms with Gasteiger partial charge in [0.25, 0.3) is 0 Å². The Hall–Kier alpha value is -3.11. The molecule has 4 heterocycles. The third-order valence-electron chi connectivity index (χ3n) is 8.18. The molecule has 2 saturated heterocycles. The molecule has 1 amide bonds. The van der Waals surface area contributed by atoms with Gasteiger partial charge in [-0.1, -0.05) is 6.07 Å². The van der Waals surface area contributed by atoms with Crippen LogP contribution in [0.3, 0.4) is 0 Å². The highest BCUT2D eigenvalue weighted by molar-refractivity contribution is 5.73. The van der Waals surface area contributed by atoms with E-state index in [1.165, 1.54) is 5.56 Å². The first-order chi connectivity index (χ1) is 18.1. The Morgan fingerprint density at radius 3 is 2.68 bits per heavy atom. The second kappa shape index (κ2) is 10.7. The first-order valence-corrected chi connectivity index (χ1v) is 13.7. The minimum atomic E-state index is -0.235. The SMILES string of the molecule is O=C1OCCN1CCCNC1CCC(n2cc3c(nc2=O)Nc2cc(C4CCNCC4)ccc2O3)CC1. The minimum absolute atomic E-state index is 0.120. The van der Waals surface area contributed by atoms with E-state index in [1.54, 1.807) is 9.47 Å². The quantitative estimate of drug-likeness (QED) is 0.416. The molecule has 0 spiro atoms. The van der Waals surface area contributed by atoms with E-state index in [2.05, 4.69) is 33.1 Å². The number of nitrogens with one attached hydrogen (secondary N) is 3. The van der Waals surface area contributed by atoms with Crippen LogP contribution in [0, 0.1) is 0 Å². The second-order valence-electron chi connectivity index (χ2n) is 10.6. The molecule has 0 bridgehead atoms. The summed E-state index contributed by atoms with van der Waals surface area (Å²) in [5.41, 5.74) is 1.94. The summed E-state index contributed by atoms with van der Waals surface area (Å²) in [6.07, 6.45) is 8.64. The maximum Gasteiger partial charge on any atom is 0.409 e. The van der Waals surface area contributed by atoms with Gasteiger partial charge in [-0.05, 0) is 88.2 Å². The van der Waals surface area contributed by atoms with Gasteiger partial charge in [0.1, 0.15) is 6.61 Å². The van der Waals surface area contributed by atoms with Crippen molar-refractivity contribution in [3.05, 3.63) is 40.4 Å². The Balaban J connectivity index is 1.04. The number of carbonyl (C=O) groups excluding carboxylic acids is 1. The van der Waals surface area contributed by atoms with Crippen molar-refractivity contribution in [2.75, 3.05) is 44.6 Å². The zero-order valence-corrected chi connectivity index (χ0v) is 21.2. The molecule has 10 nitrogen and oxygen atoms in total. The van der Waals surface area contributed by atoms with Crippen molar-refractivity contribution in [3.63, 3.8) is 0 Å². The molecule has 3 fully saturated rings. The number of cyclic esters (lactones) is 1. The van der Waals surface area contributed by atoms with E-state index < -0.39 is 0 Å². The topological polar surface area (TPSA) is 110 Å². The predicted octanol–water partition coefficient (Wildman–Crippen LogP) is 3.48. The highest BCUT2D eigenvalue weighted by atomic mass is 16.6. The molecule has 4 aliphatic rings. The zero-order valence-electron chi connectivity index (χ0n) is 21.2. The Labute approximate surface area is 216 Å². The van der Waals surface area contributed by atoms with Gasteiger partial charge in [0.15, 0.2) is 17.3 Å². The first kappa shape index (κ1) is 24.2. The number of amides is 1. The molecule has 0 atom stereocenters. The maximum absolute atomic E-state index is 13.0. The summed E-state index contributed by atoms with van der Waals surface area (Å²) >= 11 is 0. The molecule has 10 heteroatoms. The fraction of sp³-hybridized carbons (Fsp3) is 0.593. The molecule has 1 saturated carbocycles. The molecule has 3 N–H and O–H groups in total. The predicted molar refractivity (Wildman–Crippen MR) is 140 cm³/mol. The number of anilines is 2. The fourth-order valence-corrected chi connectivity index (χ4v) is 6.03. The standard InChI is InChI=1S/C27H36N6O4/c34-26-31-25-24(37-23-7-2-19(16-22(23)30-25)18-8-11-28-12-9-18)17-33(26)21-5-3-20(4-6-21)29-10-1-13-32-14-15-36-27(32)35/h2,7,16-18,20-21,28-29H,1,3-6,8-15H2,(H,30,31,34). The summed E-state index contributed by atoms with van der Waals surface area (Å²) in [7, 11) is 0. The molecule has 37 heavy (non-hydrogen) atoms. The van der Waals surface area contributed by atoms with Gasteiger partial charge in [-0.3, -0.25) is 4.57 Å². The Morgan fingerprint density at radius 2 is 1.89 bits per heavy atom. The molecule has 0 unspecified atom stereocenters. The lowest BCUT2D eigenvalue weighted by Gasteiger charge is -2.31. The zero-order chi connectivity index (χ0) is 25.2. The smallest absolute Gasteiger partial charge is 0.409 e. The first-order valence-electron chi connectivity index (χ1n) is 13.7. The molecule has 1 aromatic carbocycles. The van der Waals surface area contributed by atoms with Crippen LogP contribution in [0.25, 0.3) is 0 Å². The van der Waals surface area contributed by atoms with E-state index in [1.807, 2.05) is 12.3 Å². The number of carbonyl (C=O) groups is 1. The summed E-state index contributed by atoms with van der Waals surface area (Å²) in [6, 6.07) is 6.89. The lowest BCUT2D eigenvalue weighted by atomic mass is 9.90. The van der Waals surface area contributed by atoms with Crippen LogP contribution in [0.1, 0.15) is 62.5 Å². The number of piperidine rings is 1. The van der Waals surface area contributed by atoms with E-state index in [4.69, 9.17) is 9.47 Å². The second-order valence-corrected chi connectivity index (χ2v) is 10.6. The highest BCUT2D eigenvalue weighted by Gasteiger charge is 2.27. The lowest BCUT2D eigenvalue weighted by Crippen LogP contribution is -2.38. The summed E-state index contributed by atoms with van der Waals surface area (Å²) in [5.74, 6) is 2.41. The number of nitrogens with zero attached hydrogens (tertiary/aromatic N) is 3. The maximum atomic E-state index is 13.0. The molecule has 1 aliphatic carbocycles. The van der Waals surface area contributed by atoms with E-state index in [0.717, 1.165) is 82.6 Å². The van der Waals surface area contributed by atoms with Gasteiger partial charge in [0.2, 0.25) is 0 Å². The average Bonchev–Trinajstić information content (AvgIpc) is 3.34. The van der Waals surface area contributed by atoms with Crippen molar-refractivity contribution in [1.29, 1.82) is 0 Å². The number of aromatic nitrogens is 2. The molecule has 6 rings (SSSR count). The molecular weight excluding hydrogens is 472 g/mol. The molecule has 3 aliphatic heterocycles. The van der Waals surface area contributed by atoms with Crippen molar-refractivity contribution in [3.8, 4) is 11.5 Å². The van der Waals surface area contributed by atoms with Crippen LogP contribution in [-0.2, 0) is 4.74 Å². The number of benzene rings is 1. The van der Waals surface area contributed by atoms with Crippen LogP contribution in [0.5, 0.6) is 11.5 Å². The Kier molecular flexibility index (Phi) is 7.01. The number of rotatable bonds is 7. The van der Waals surface area contributed by atoms with Crippen molar-refractivity contribution in [1.82, 2.24) is 25.1 Å². The van der Waals surface area contributed by atoms with Crippen molar-refractivity contribution in [2.45, 2.75) is 62.9 Å². The molecule has 198 valence electrons. The monoisotopic (exact) mass is 508 g/mol. The van der Waals surface area contributed by atoms with Gasteiger partial charge in [-0.15, -0.1) is 0 Å². The molecule has 1 aromatic heterocycles. The fourth-order valence-electron chi connectivity index (χ4n) is 6.03. The molecule has 0 radical (unpaired) electrons. The highest BCUT2D eigenvalue weighted by Crippen LogP contribution is 2.42. The van der Waals surface area contributed by atoms with Gasteiger partial charge in [-0.2, -0.15) is 4.98 Å². The number of hydrogen-bond acceptors (Lipinski definition) is 8. The summed E-state index contributed by atoms with van der Waals surface area (Å²) < 4.78 is 12.9. The van der Waals surface area contributed by atoms with Crippen LogP contribution >= 0.6 is 0 Å². The van der Waals surface area contributed by atoms with Gasteiger partial charge >= 0.3 is 11.8 Å². The summed E-state index contributed by atoms with van der Waals surface area (Å²) in [5, 5.41) is 10.4.